The molecule has 1 aromatic rings. The molecule has 1 aromatic heterocycles. The van der Waals surface area contributed by atoms with Crippen molar-refractivity contribution in [1.29, 1.82) is 0 Å². The van der Waals surface area contributed by atoms with Crippen molar-refractivity contribution < 1.29 is 14.4 Å². The number of hydrogen-bond donors (Lipinski definition) is 4. The number of carbonyl (C=O) groups is 1. The lowest BCUT2D eigenvalue weighted by Crippen LogP contribution is -2.54. The molecule has 118 valence electrons. The summed E-state index contributed by atoms with van der Waals surface area (Å²) >= 11 is 0. The number of β-amino-alcohol motifs (C(OH)–C–C–N with tert-alkyl or cyclic N) is 1. The zero-order valence-corrected chi connectivity index (χ0v) is 12.5. The predicted molar refractivity (Wildman–Crippen MR) is 75.7 cm³/mol. The highest BCUT2D eigenvalue weighted by atomic mass is 16.5. The second-order valence-electron chi connectivity index (χ2n) is 5.74. The Morgan fingerprint density at radius 3 is 2.95 bits per heavy atom. The molecule has 8 nitrogen and oxygen atoms in total. The molecule has 1 atom stereocenters. The molecule has 0 radical (unpaired) electrons. The van der Waals surface area contributed by atoms with Gasteiger partial charge in [-0.1, -0.05) is 19.0 Å². The normalized spacial score (nSPS) is 22.3. The molecule has 1 aliphatic rings. The molecule has 21 heavy (non-hydrogen) atoms. The SMILES string of the molecule is CC(C)c1nc(CNC(=O)NC[C@@]2(O)CCCNC2)no1. The molecule has 2 amide bonds. The third-order valence-electron chi connectivity index (χ3n) is 3.41. The van der Waals surface area contributed by atoms with Crippen molar-refractivity contribution in [3.63, 3.8) is 0 Å². The minimum Gasteiger partial charge on any atom is -0.387 e. The highest BCUT2D eigenvalue weighted by Gasteiger charge is 2.29. The molecule has 0 aromatic carbocycles. The van der Waals surface area contributed by atoms with Crippen molar-refractivity contribution in [2.24, 2.45) is 0 Å². The van der Waals surface area contributed by atoms with Gasteiger partial charge in [-0.15, -0.1) is 0 Å². The van der Waals surface area contributed by atoms with E-state index in [1.54, 1.807) is 0 Å². The minimum atomic E-state index is -0.869. The standard InChI is InChI=1S/C13H23N5O3/c1-9(2)11-17-10(18-21-11)6-15-12(19)16-8-13(20)4-3-5-14-7-13/h9,14,20H,3-8H2,1-2H3,(H2,15,16,19)/t13-/m1/s1. The van der Waals surface area contributed by atoms with Gasteiger partial charge >= 0.3 is 6.03 Å². The van der Waals surface area contributed by atoms with Gasteiger partial charge in [0, 0.05) is 19.0 Å². The number of rotatable bonds is 5. The van der Waals surface area contributed by atoms with Gasteiger partial charge in [0.1, 0.15) is 0 Å². The molecule has 0 saturated carbocycles. The number of amides is 2. The van der Waals surface area contributed by atoms with Crippen LogP contribution in [0, 0.1) is 0 Å². The molecule has 2 heterocycles. The van der Waals surface area contributed by atoms with Gasteiger partial charge in [0.25, 0.3) is 0 Å². The Balaban J connectivity index is 1.71. The molecule has 0 bridgehead atoms. The fraction of sp³-hybridized carbons (Fsp3) is 0.769. The summed E-state index contributed by atoms with van der Waals surface area (Å²) in [5.41, 5.74) is -0.869. The van der Waals surface area contributed by atoms with Crippen LogP contribution < -0.4 is 16.0 Å². The molecule has 0 aliphatic carbocycles. The maximum atomic E-state index is 11.7. The first kappa shape index (κ1) is 15.7. The predicted octanol–water partition coefficient (Wildman–Crippen LogP) is 0.107. The quantitative estimate of drug-likeness (QED) is 0.613. The highest BCUT2D eigenvalue weighted by Crippen LogP contribution is 2.14. The zero-order valence-electron chi connectivity index (χ0n) is 12.5. The number of carbonyl (C=O) groups excluding carboxylic acids is 1. The van der Waals surface area contributed by atoms with Crippen LogP contribution >= 0.6 is 0 Å². The van der Waals surface area contributed by atoms with E-state index in [2.05, 4.69) is 26.1 Å². The van der Waals surface area contributed by atoms with Crippen LogP contribution in [-0.2, 0) is 6.54 Å². The highest BCUT2D eigenvalue weighted by molar-refractivity contribution is 5.73. The Morgan fingerprint density at radius 2 is 2.33 bits per heavy atom. The maximum Gasteiger partial charge on any atom is 0.315 e. The van der Waals surface area contributed by atoms with Crippen molar-refractivity contribution in [1.82, 2.24) is 26.1 Å². The molecular weight excluding hydrogens is 274 g/mol. The summed E-state index contributed by atoms with van der Waals surface area (Å²) < 4.78 is 5.05. The second-order valence-corrected chi connectivity index (χ2v) is 5.74. The largest absolute Gasteiger partial charge is 0.387 e. The lowest BCUT2D eigenvalue weighted by atomic mass is 9.94. The van der Waals surface area contributed by atoms with E-state index in [0.717, 1.165) is 13.0 Å². The first-order valence-electron chi connectivity index (χ1n) is 7.26. The van der Waals surface area contributed by atoms with Gasteiger partial charge in [-0.05, 0) is 19.4 Å². The average Bonchev–Trinajstić information content (AvgIpc) is 2.93. The summed E-state index contributed by atoms with van der Waals surface area (Å²) in [6.45, 7) is 5.72. The van der Waals surface area contributed by atoms with Gasteiger partial charge in [-0.3, -0.25) is 0 Å². The van der Waals surface area contributed by atoms with Crippen LogP contribution in [0.4, 0.5) is 4.79 Å². The van der Waals surface area contributed by atoms with Gasteiger partial charge in [-0.2, -0.15) is 4.98 Å². The Kier molecular flexibility index (Phi) is 5.13. The number of urea groups is 1. The van der Waals surface area contributed by atoms with E-state index in [1.165, 1.54) is 0 Å². The molecule has 1 fully saturated rings. The van der Waals surface area contributed by atoms with E-state index in [4.69, 9.17) is 4.52 Å². The molecule has 1 aliphatic heterocycles. The smallest absolute Gasteiger partial charge is 0.315 e. The minimum absolute atomic E-state index is 0.160. The van der Waals surface area contributed by atoms with Crippen LogP contribution in [0.2, 0.25) is 0 Å². The third-order valence-corrected chi connectivity index (χ3v) is 3.41. The fourth-order valence-corrected chi connectivity index (χ4v) is 2.14. The van der Waals surface area contributed by atoms with Crippen LogP contribution in [0.15, 0.2) is 4.52 Å². The van der Waals surface area contributed by atoms with Crippen LogP contribution in [0.1, 0.15) is 44.3 Å². The number of nitrogens with zero attached hydrogens (tertiary/aromatic N) is 2. The van der Waals surface area contributed by atoms with Crippen molar-refractivity contribution in [2.45, 2.75) is 44.8 Å². The topological polar surface area (TPSA) is 112 Å². The van der Waals surface area contributed by atoms with Crippen molar-refractivity contribution >= 4 is 6.03 Å². The van der Waals surface area contributed by atoms with Gasteiger partial charge in [0.15, 0.2) is 5.82 Å². The van der Waals surface area contributed by atoms with Gasteiger partial charge in [0.2, 0.25) is 5.89 Å². The molecule has 1 saturated heterocycles. The second kappa shape index (κ2) is 6.86. The monoisotopic (exact) mass is 297 g/mol. The summed E-state index contributed by atoms with van der Waals surface area (Å²) in [4.78, 5) is 15.9. The number of aromatic nitrogens is 2. The van der Waals surface area contributed by atoms with E-state index in [0.29, 0.717) is 24.7 Å². The van der Waals surface area contributed by atoms with Crippen LogP contribution in [0.5, 0.6) is 0 Å². The molecule has 0 spiro atoms. The van der Waals surface area contributed by atoms with E-state index >= 15 is 0 Å². The van der Waals surface area contributed by atoms with Gasteiger partial charge in [-0.25, -0.2) is 4.79 Å². The van der Waals surface area contributed by atoms with Crippen LogP contribution in [0.25, 0.3) is 0 Å². The Morgan fingerprint density at radius 1 is 1.52 bits per heavy atom. The lowest BCUT2D eigenvalue weighted by molar-refractivity contribution is 0.0194. The van der Waals surface area contributed by atoms with E-state index in [1.807, 2.05) is 13.8 Å². The van der Waals surface area contributed by atoms with Gasteiger partial charge in [0.05, 0.1) is 12.1 Å². The lowest BCUT2D eigenvalue weighted by Gasteiger charge is -2.32. The number of aliphatic hydroxyl groups is 1. The van der Waals surface area contributed by atoms with Crippen LogP contribution in [-0.4, -0.2) is 46.5 Å². The zero-order chi connectivity index (χ0) is 15.3. The molecule has 4 N–H and O–H groups in total. The Bertz CT molecular complexity index is 468. The summed E-state index contributed by atoms with van der Waals surface area (Å²) in [5.74, 6) is 1.15. The molecular formula is C13H23N5O3. The summed E-state index contributed by atoms with van der Waals surface area (Å²) in [6.07, 6.45) is 1.59. The van der Waals surface area contributed by atoms with Gasteiger partial charge < -0.3 is 25.6 Å². The fourth-order valence-electron chi connectivity index (χ4n) is 2.14. The molecule has 2 rings (SSSR count). The Hall–Kier alpha value is -1.67. The average molecular weight is 297 g/mol. The van der Waals surface area contributed by atoms with Crippen LogP contribution in [0.3, 0.4) is 0 Å². The maximum absolute atomic E-state index is 11.7. The Labute approximate surface area is 123 Å². The number of piperidine rings is 1. The number of hydrogen-bond acceptors (Lipinski definition) is 6. The summed E-state index contributed by atoms with van der Waals surface area (Å²) in [6, 6.07) is -0.357. The molecule has 8 heteroatoms. The van der Waals surface area contributed by atoms with E-state index in [-0.39, 0.29) is 25.0 Å². The summed E-state index contributed by atoms with van der Waals surface area (Å²) in [5, 5.41) is 22.4. The van der Waals surface area contributed by atoms with E-state index in [9.17, 15) is 9.90 Å². The van der Waals surface area contributed by atoms with E-state index < -0.39 is 5.60 Å². The first-order chi connectivity index (χ1) is 9.98. The first-order valence-corrected chi connectivity index (χ1v) is 7.26. The third kappa shape index (κ3) is 4.68. The summed E-state index contributed by atoms with van der Waals surface area (Å²) in [7, 11) is 0. The van der Waals surface area contributed by atoms with Crippen molar-refractivity contribution in [2.75, 3.05) is 19.6 Å². The van der Waals surface area contributed by atoms with Crippen molar-refractivity contribution in [3.05, 3.63) is 11.7 Å². The van der Waals surface area contributed by atoms with Crippen molar-refractivity contribution in [3.8, 4) is 0 Å². The number of nitrogens with one attached hydrogen (secondary N) is 3. The molecule has 0 unspecified atom stereocenters.